The van der Waals surface area contributed by atoms with Gasteiger partial charge in [-0.1, -0.05) is 6.07 Å². The van der Waals surface area contributed by atoms with Gasteiger partial charge in [-0.2, -0.15) is 0 Å². The van der Waals surface area contributed by atoms with Crippen molar-refractivity contribution in [2.45, 2.75) is 19.7 Å². The molecule has 2 heterocycles. The first-order chi connectivity index (χ1) is 7.79. The van der Waals surface area contributed by atoms with Crippen LogP contribution in [-0.4, -0.2) is 19.2 Å². The molecule has 1 N–H and O–H groups in total. The van der Waals surface area contributed by atoms with Gasteiger partial charge in [0.25, 0.3) is 5.56 Å². The first kappa shape index (κ1) is 10.6. The maximum Gasteiger partial charge on any atom is 0.250 e. The molecule has 0 amide bonds. The van der Waals surface area contributed by atoms with Crippen molar-refractivity contribution < 1.29 is 5.11 Å². The van der Waals surface area contributed by atoms with Gasteiger partial charge >= 0.3 is 0 Å². The number of aromatic nitrogens is 3. The Kier molecular flexibility index (Phi) is 3.16. The molecular weight excluding hydrogens is 206 g/mol. The first-order valence-corrected chi connectivity index (χ1v) is 5.06. The Morgan fingerprint density at radius 2 is 2.19 bits per heavy atom. The van der Waals surface area contributed by atoms with E-state index in [9.17, 15) is 4.79 Å². The lowest BCUT2D eigenvalue weighted by atomic mass is 10.4. The predicted octanol–water partition coefficient (Wildman–Crippen LogP) is 0.237. The third-order valence-corrected chi connectivity index (χ3v) is 2.35. The molecule has 2 aromatic heterocycles. The summed E-state index contributed by atoms with van der Waals surface area (Å²) in [4.78, 5) is 15.4. The highest BCUT2D eigenvalue weighted by molar-refractivity contribution is 4.95. The fraction of sp³-hybridized carbons (Fsp3) is 0.273. The number of nitrogens with zero attached hydrogens (tertiary/aromatic N) is 3. The average molecular weight is 219 g/mol. The van der Waals surface area contributed by atoms with Crippen molar-refractivity contribution >= 4 is 0 Å². The third-order valence-electron chi connectivity index (χ3n) is 2.35. The van der Waals surface area contributed by atoms with Crippen LogP contribution in [0.3, 0.4) is 0 Å². The van der Waals surface area contributed by atoms with E-state index in [4.69, 9.17) is 5.11 Å². The van der Waals surface area contributed by atoms with Crippen molar-refractivity contribution in [3.8, 4) is 0 Å². The van der Waals surface area contributed by atoms with E-state index in [2.05, 4.69) is 4.98 Å². The van der Waals surface area contributed by atoms with Gasteiger partial charge in [0, 0.05) is 31.5 Å². The molecule has 0 saturated carbocycles. The van der Waals surface area contributed by atoms with Crippen LogP contribution < -0.4 is 5.56 Å². The number of aliphatic hydroxyl groups is 1. The number of rotatable bonds is 4. The summed E-state index contributed by atoms with van der Waals surface area (Å²) in [7, 11) is 0. The number of aryl methyl sites for hydroxylation is 2. The van der Waals surface area contributed by atoms with Crippen LogP contribution in [0.2, 0.25) is 0 Å². The molecular formula is C11H13N3O2. The minimum atomic E-state index is -0.0573. The highest BCUT2D eigenvalue weighted by Crippen LogP contribution is 1.96. The Morgan fingerprint density at radius 3 is 2.88 bits per heavy atom. The van der Waals surface area contributed by atoms with Gasteiger partial charge in [-0.3, -0.25) is 4.79 Å². The van der Waals surface area contributed by atoms with Crippen molar-refractivity contribution in [1.82, 2.24) is 14.1 Å². The zero-order valence-corrected chi connectivity index (χ0v) is 8.78. The quantitative estimate of drug-likeness (QED) is 0.801. The van der Waals surface area contributed by atoms with E-state index in [1.54, 1.807) is 29.4 Å². The largest absolute Gasteiger partial charge is 0.390 e. The molecule has 0 saturated heterocycles. The van der Waals surface area contributed by atoms with E-state index >= 15 is 0 Å². The SMILES string of the molecule is O=c1ccccn1CCn1cnc(CO)c1. The van der Waals surface area contributed by atoms with Gasteiger partial charge in [-0.25, -0.2) is 4.98 Å². The van der Waals surface area contributed by atoms with Crippen molar-refractivity contribution in [3.63, 3.8) is 0 Å². The lowest BCUT2D eigenvalue weighted by molar-refractivity contribution is 0.277. The molecule has 0 aliphatic carbocycles. The molecule has 0 atom stereocenters. The van der Waals surface area contributed by atoms with E-state index in [1.807, 2.05) is 10.6 Å². The number of aliphatic hydroxyl groups excluding tert-OH is 1. The van der Waals surface area contributed by atoms with Crippen LogP contribution in [-0.2, 0) is 19.7 Å². The van der Waals surface area contributed by atoms with Gasteiger partial charge in [-0.05, 0) is 6.07 Å². The Balaban J connectivity index is 2.02. The summed E-state index contributed by atoms with van der Waals surface area (Å²) in [6.07, 6.45) is 5.18. The maximum absolute atomic E-state index is 11.4. The van der Waals surface area contributed by atoms with Crippen LogP contribution in [0.4, 0.5) is 0 Å². The molecule has 84 valence electrons. The van der Waals surface area contributed by atoms with Crippen LogP contribution in [0.1, 0.15) is 5.69 Å². The summed E-state index contributed by atoms with van der Waals surface area (Å²) < 4.78 is 3.49. The lowest BCUT2D eigenvalue weighted by Crippen LogP contribution is -2.20. The minimum absolute atomic E-state index is 0.00926. The van der Waals surface area contributed by atoms with Crippen molar-refractivity contribution in [2.75, 3.05) is 0 Å². The molecule has 0 spiro atoms. The second kappa shape index (κ2) is 4.76. The molecule has 5 heteroatoms. The van der Waals surface area contributed by atoms with Crippen LogP contribution in [0, 0.1) is 0 Å². The monoisotopic (exact) mass is 219 g/mol. The van der Waals surface area contributed by atoms with Gasteiger partial charge in [0.2, 0.25) is 0 Å². The second-order valence-corrected chi connectivity index (χ2v) is 3.49. The van der Waals surface area contributed by atoms with Crippen LogP contribution in [0.15, 0.2) is 41.7 Å². The number of pyridine rings is 1. The molecule has 0 aromatic carbocycles. The van der Waals surface area contributed by atoms with E-state index in [-0.39, 0.29) is 12.2 Å². The highest BCUT2D eigenvalue weighted by Gasteiger charge is 1.98. The van der Waals surface area contributed by atoms with Gasteiger partial charge in [0.15, 0.2) is 0 Å². The lowest BCUT2D eigenvalue weighted by Gasteiger charge is -2.04. The normalized spacial score (nSPS) is 10.6. The van der Waals surface area contributed by atoms with E-state index in [0.29, 0.717) is 18.8 Å². The highest BCUT2D eigenvalue weighted by atomic mass is 16.3. The van der Waals surface area contributed by atoms with Crippen molar-refractivity contribution in [3.05, 3.63) is 53.0 Å². The van der Waals surface area contributed by atoms with Crippen molar-refractivity contribution in [2.24, 2.45) is 0 Å². The second-order valence-electron chi connectivity index (χ2n) is 3.49. The molecule has 0 aliphatic rings. The Labute approximate surface area is 92.6 Å². The third kappa shape index (κ3) is 2.38. The summed E-state index contributed by atoms with van der Waals surface area (Å²) >= 11 is 0. The Hall–Kier alpha value is -1.88. The topological polar surface area (TPSA) is 60.0 Å². The number of hydrogen-bond donors (Lipinski definition) is 1. The molecule has 2 rings (SSSR count). The standard InChI is InChI=1S/C11H13N3O2/c15-8-10-7-13(9-12-10)5-6-14-4-2-1-3-11(14)16/h1-4,7,9,15H,5-6,8H2. The van der Waals surface area contributed by atoms with Gasteiger partial charge in [0.05, 0.1) is 18.6 Å². The van der Waals surface area contributed by atoms with E-state index < -0.39 is 0 Å². The summed E-state index contributed by atoms with van der Waals surface area (Å²) in [5.41, 5.74) is 0.630. The Morgan fingerprint density at radius 1 is 1.31 bits per heavy atom. The molecule has 2 aromatic rings. The molecule has 0 radical (unpaired) electrons. The molecule has 0 unspecified atom stereocenters. The molecule has 5 nitrogen and oxygen atoms in total. The zero-order valence-electron chi connectivity index (χ0n) is 8.78. The van der Waals surface area contributed by atoms with E-state index in [0.717, 1.165) is 0 Å². The van der Waals surface area contributed by atoms with Gasteiger partial charge in [0.1, 0.15) is 0 Å². The summed E-state index contributed by atoms with van der Waals surface area (Å²) in [5.74, 6) is 0. The number of imidazole rings is 1. The van der Waals surface area contributed by atoms with Crippen LogP contribution in [0.5, 0.6) is 0 Å². The maximum atomic E-state index is 11.4. The van der Waals surface area contributed by atoms with Crippen LogP contribution in [0.25, 0.3) is 0 Å². The summed E-state index contributed by atoms with van der Waals surface area (Å²) in [5, 5.41) is 8.85. The van der Waals surface area contributed by atoms with Gasteiger partial charge in [-0.15, -0.1) is 0 Å². The van der Waals surface area contributed by atoms with Gasteiger partial charge < -0.3 is 14.2 Å². The van der Waals surface area contributed by atoms with Crippen molar-refractivity contribution in [1.29, 1.82) is 0 Å². The average Bonchev–Trinajstić information content (AvgIpc) is 2.76. The zero-order chi connectivity index (χ0) is 11.4. The first-order valence-electron chi connectivity index (χ1n) is 5.06. The fourth-order valence-electron chi connectivity index (χ4n) is 1.48. The fourth-order valence-corrected chi connectivity index (χ4v) is 1.48. The summed E-state index contributed by atoms with van der Waals surface area (Å²) in [6, 6.07) is 5.08. The van der Waals surface area contributed by atoms with E-state index in [1.165, 1.54) is 6.07 Å². The molecule has 0 aliphatic heterocycles. The minimum Gasteiger partial charge on any atom is -0.390 e. The molecule has 16 heavy (non-hydrogen) atoms. The summed E-state index contributed by atoms with van der Waals surface area (Å²) in [6.45, 7) is 1.20. The molecule has 0 fully saturated rings. The molecule has 0 bridgehead atoms. The Bertz CT molecular complexity index is 516. The predicted molar refractivity (Wildman–Crippen MR) is 58.9 cm³/mol. The number of hydrogen-bond acceptors (Lipinski definition) is 3. The smallest absolute Gasteiger partial charge is 0.250 e. The van der Waals surface area contributed by atoms with Crippen LogP contribution >= 0.6 is 0 Å².